The standard InChI is InChI=1S/C3H6NO2.Al.2H/c1-4(3-5)6-2;;;/h1-2H3;;;. The zero-order chi connectivity index (χ0) is 5.86. The summed E-state index contributed by atoms with van der Waals surface area (Å²) >= 11 is 0.524. The molecule has 1 amide bonds. The Labute approximate surface area is 50.6 Å². The lowest BCUT2D eigenvalue weighted by Crippen LogP contribution is -2.23. The largest absolute Gasteiger partial charge is 0.358 e. The van der Waals surface area contributed by atoms with E-state index in [-0.39, 0.29) is 4.77 Å². The van der Waals surface area contributed by atoms with Crippen molar-refractivity contribution in [2.75, 3.05) is 14.2 Å². The van der Waals surface area contributed by atoms with E-state index in [0.29, 0.717) is 16.3 Å². The van der Waals surface area contributed by atoms with Crippen LogP contribution >= 0.6 is 0 Å². The molecule has 0 spiro atoms. The molecule has 0 radical (unpaired) electrons. The molecule has 0 saturated carbocycles. The van der Waals surface area contributed by atoms with Gasteiger partial charge in [0.15, 0.2) is 0 Å². The van der Waals surface area contributed by atoms with Crippen LogP contribution in [-0.2, 0) is 4.84 Å². The zero-order valence-electron chi connectivity index (χ0n) is 4.76. The van der Waals surface area contributed by atoms with Gasteiger partial charge >= 0.3 is 16.3 Å². The predicted molar refractivity (Wildman–Crippen MR) is 28.7 cm³/mol. The lowest BCUT2D eigenvalue weighted by molar-refractivity contribution is -0.0555. The lowest BCUT2D eigenvalue weighted by atomic mass is 11.1. The Kier molecular flexibility index (Phi) is 3.01. The molecule has 7 heavy (non-hydrogen) atoms. The molecule has 0 fully saturated rings. The highest BCUT2D eigenvalue weighted by molar-refractivity contribution is 6.56. The molecule has 3 nitrogen and oxygen atoms in total. The van der Waals surface area contributed by atoms with Crippen molar-refractivity contribution in [1.29, 1.82) is 0 Å². The van der Waals surface area contributed by atoms with E-state index in [1.54, 1.807) is 7.05 Å². The van der Waals surface area contributed by atoms with Gasteiger partial charge in [-0.25, -0.2) is 5.06 Å². The first-order valence-corrected chi connectivity index (χ1v) is 2.97. The van der Waals surface area contributed by atoms with Crippen molar-refractivity contribution < 1.29 is 9.63 Å². The molecule has 0 unspecified atom stereocenters. The summed E-state index contributed by atoms with van der Waals surface area (Å²) in [5.41, 5.74) is 0. The van der Waals surface area contributed by atoms with Crippen molar-refractivity contribution in [2.24, 2.45) is 0 Å². The third-order valence-corrected chi connectivity index (χ3v) is 1.35. The molecule has 0 aromatic rings. The van der Waals surface area contributed by atoms with Crippen molar-refractivity contribution in [3.05, 3.63) is 0 Å². The molecule has 40 valence electrons. The summed E-state index contributed by atoms with van der Waals surface area (Å²) in [6.07, 6.45) is 0. The van der Waals surface area contributed by atoms with Crippen LogP contribution in [0, 0.1) is 0 Å². The monoisotopic (exact) mass is 117 g/mol. The van der Waals surface area contributed by atoms with E-state index < -0.39 is 0 Å². The number of carbonyl (C=O) groups is 1. The molecule has 0 aliphatic rings. The van der Waals surface area contributed by atoms with Crippen LogP contribution in [0.2, 0.25) is 0 Å². The van der Waals surface area contributed by atoms with Crippen molar-refractivity contribution in [2.45, 2.75) is 0 Å². The maximum absolute atomic E-state index is 10.2. The van der Waals surface area contributed by atoms with Gasteiger partial charge in [-0.15, -0.1) is 0 Å². The second-order valence-corrected chi connectivity index (χ2v) is 2.05. The van der Waals surface area contributed by atoms with Crippen molar-refractivity contribution >= 4 is 21.1 Å². The summed E-state index contributed by atoms with van der Waals surface area (Å²) < 4.78 is 0.0440. The third-order valence-electron chi connectivity index (χ3n) is 0.717. The summed E-state index contributed by atoms with van der Waals surface area (Å²) in [4.78, 5) is 14.8. The highest BCUT2D eigenvalue weighted by Crippen LogP contribution is 1.78. The van der Waals surface area contributed by atoms with Gasteiger partial charge in [0.25, 0.3) is 0 Å². The average Bonchev–Trinajstić information content (AvgIpc) is 1.65. The highest BCUT2D eigenvalue weighted by Gasteiger charge is 1.94. The Balaban J connectivity index is 3.34. The van der Waals surface area contributed by atoms with Crippen LogP contribution in [0.1, 0.15) is 0 Å². The Hall–Kier alpha value is -0.0375. The number of hydrogen-bond donors (Lipinski definition) is 0. The van der Waals surface area contributed by atoms with Gasteiger partial charge in [-0.1, -0.05) is 0 Å². The first-order valence-electron chi connectivity index (χ1n) is 1.97. The fourth-order valence-electron chi connectivity index (χ4n) is 0.129. The maximum atomic E-state index is 10.2. The average molecular weight is 117 g/mol. The number of carbonyl (C=O) groups excluding carboxylic acids is 1. The number of nitrogens with zero attached hydrogens (tertiary/aromatic N) is 1. The Morgan fingerprint density at radius 3 is 2.29 bits per heavy atom. The first kappa shape index (κ1) is 6.96. The summed E-state index contributed by atoms with van der Waals surface area (Å²) in [5, 5.41) is 1.21. The second kappa shape index (κ2) is 3.03. The third kappa shape index (κ3) is 2.63. The van der Waals surface area contributed by atoms with Gasteiger partial charge < -0.3 is 0 Å². The molecule has 0 N–H and O–H groups in total. The molecular formula is C3H8AlNO2. The van der Waals surface area contributed by atoms with E-state index in [2.05, 4.69) is 4.84 Å². The van der Waals surface area contributed by atoms with Gasteiger partial charge in [-0.2, -0.15) is 0 Å². The van der Waals surface area contributed by atoms with Crippen molar-refractivity contribution in [1.82, 2.24) is 5.06 Å². The first-order chi connectivity index (χ1) is 3.18. The fourth-order valence-corrected chi connectivity index (χ4v) is 0.311. The Bertz CT molecular complexity index is 75.3. The van der Waals surface area contributed by atoms with Crippen LogP contribution in [0.4, 0.5) is 4.79 Å². The summed E-state index contributed by atoms with van der Waals surface area (Å²) in [5.74, 6) is 0. The van der Waals surface area contributed by atoms with Gasteiger partial charge in [0.2, 0.25) is 0 Å². The Morgan fingerprint density at radius 2 is 2.29 bits per heavy atom. The molecule has 0 aliphatic heterocycles. The van der Waals surface area contributed by atoms with E-state index in [9.17, 15) is 4.79 Å². The van der Waals surface area contributed by atoms with Crippen LogP contribution in [-0.4, -0.2) is 40.3 Å². The maximum Gasteiger partial charge on any atom is 0.358 e. The van der Waals surface area contributed by atoms with E-state index in [1.165, 1.54) is 12.2 Å². The molecule has 4 heteroatoms. The van der Waals surface area contributed by atoms with Crippen LogP contribution < -0.4 is 0 Å². The van der Waals surface area contributed by atoms with E-state index in [0.717, 1.165) is 0 Å². The topological polar surface area (TPSA) is 29.5 Å². The van der Waals surface area contributed by atoms with Crippen LogP contribution in [0.15, 0.2) is 0 Å². The summed E-state index contributed by atoms with van der Waals surface area (Å²) in [6.45, 7) is 0. The highest BCUT2D eigenvalue weighted by atomic mass is 27.0. The molecule has 0 aliphatic carbocycles. The SMILES string of the molecule is CON(C)[C](=O)[AlH2]. The van der Waals surface area contributed by atoms with Gasteiger partial charge in [0, 0.05) is 7.05 Å². The minimum Gasteiger partial charge on any atom is -0.297 e. The quantitative estimate of drug-likeness (QED) is 0.333. The van der Waals surface area contributed by atoms with Crippen molar-refractivity contribution in [3.8, 4) is 0 Å². The van der Waals surface area contributed by atoms with E-state index >= 15 is 0 Å². The number of hydroxylamine groups is 2. The minimum atomic E-state index is 0.0440. The molecule has 0 aromatic carbocycles. The summed E-state index contributed by atoms with van der Waals surface area (Å²) in [6, 6.07) is 0. The minimum absolute atomic E-state index is 0.0440. The number of amides is 1. The predicted octanol–water partition coefficient (Wildman–Crippen LogP) is -0.767. The molecule has 0 bridgehead atoms. The second-order valence-electron chi connectivity index (χ2n) is 1.20. The molecular weight excluding hydrogens is 109 g/mol. The number of hydrogen-bond acceptors (Lipinski definition) is 2. The van der Waals surface area contributed by atoms with Crippen LogP contribution in [0.3, 0.4) is 0 Å². The fraction of sp³-hybridized carbons (Fsp3) is 0.667. The van der Waals surface area contributed by atoms with E-state index in [1.807, 2.05) is 0 Å². The van der Waals surface area contributed by atoms with Gasteiger partial charge in [0.1, 0.15) is 4.77 Å². The molecule has 0 atom stereocenters. The van der Waals surface area contributed by atoms with Gasteiger partial charge in [0.05, 0.1) is 7.11 Å². The number of rotatable bonds is 1. The van der Waals surface area contributed by atoms with E-state index in [4.69, 9.17) is 0 Å². The van der Waals surface area contributed by atoms with Gasteiger partial charge in [-0.05, 0) is 0 Å². The molecule has 0 aromatic heterocycles. The van der Waals surface area contributed by atoms with Crippen LogP contribution in [0.5, 0.6) is 0 Å². The lowest BCUT2D eigenvalue weighted by Gasteiger charge is -2.09. The molecule has 0 rings (SSSR count). The smallest absolute Gasteiger partial charge is 0.297 e. The van der Waals surface area contributed by atoms with Crippen molar-refractivity contribution in [3.63, 3.8) is 0 Å². The van der Waals surface area contributed by atoms with Gasteiger partial charge in [-0.3, -0.25) is 9.63 Å². The zero-order valence-corrected chi connectivity index (χ0v) is 6.76. The molecule has 0 saturated heterocycles. The normalized spacial score (nSPS) is 8.29. The summed E-state index contributed by atoms with van der Waals surface area (Å²) in [7, 11) is 3.06. The molecule has 0 heterocycles. The Morgan fingerprint density at radius 1 is 1.86 bits per heavy atom. The van der Waals surface area contributed by atoms with Crippen LogP contribution in [0.25, 0.3) is 0 Å².